The standard InChI is InChI=1S/C14H23BrN2O3S/c1-13(2,3)21(19)17-14(4,12(9-18)20-5)11-8-10(15)6-7-16-11/h6-8,12,17-18H,9H2,1-5H3/t12?,14-,21-/m1/s1. The Kier molecular flexibility index (Phi) is 6.49. The van der Waals surface area contributed by atoms with E-state index in [2.05, 4.69) is 25.6 Å². The zero-order chi connectivity index (χ0) is 16.3. The molecule has 0 saturated heterocycles. The molecule has 2 N–H and O–H groups in total. The van der Waals surface area contributed by atoms with Gasteiger partial charge in [-0.2, -0.15) is 0 Å². The summed E-state index contributed by atoms with van der Waals surface area (Å²) in [5.74, 6) is 0. The Labute approximate surface area is 137 Å². The first-order valence-electron chi connectivity index (χ1n) is 6.60. The summed E-state index contributed by atoms with van der Waals surface area (Å²) in [4.78, 5) is 4.35. The van der Waals surface area contributed by atoms with Gasteiger partial charge in [0.25, 0.3) is 0 Å². The second-order valence-corrected chi connectivity index (χ2v) is 8.83. The van der Waals surface area contributed by atoms with Gasteiger partial charge < -0.3 is 9.84 Å². The van der Waals surface area contributed by atoms with E-state index >= 15 is 0 Å². The molecule has 1 rings (SSSR count). The molecule has 0 aliphatic rings. The van der Waals surface area contributed by atoms with Gasteiger partial charge in [-0.05, 0) is 39.8 Å². The van der Waals surface area contributed by atoms with E-state index < -0.39 is 27.4 Å². The van der Waals surface area contributed by atoms with Gasteiger partial charge in [0.2, 0.25) is 0 Å². The highest BCUT2D eigenvalue weighted by atomic mass is 79.9. The smallest absolute Gasteiger partial charge is 0.105 e. The lowest BCUT2D eigenvalue weighted by atomic mass is 9.91. The Hall–Kier alpha value is -0.340. The van der Waals surface area contributed by atoms with Crippen molar-refractivity contribution < 1.29 is 14.1 Å². The van der Waals surface area contributed by atoms with Crippen LogP contribution in [-0.4, -0.2) is 38.9 Å². The number of aliphatic hydroxyl groups excluding tert-OH is 1. The van der Waals surface area contributed by atoms with Gasteiger partial charge in [-0.3, -0.25) is 4.98 Å². The van der Waals surface area contributed by atoms with E-state index in [0.29, 0.717) is 5.69 Å². The molecule has 0 saturated carbocycles. The molecule has 0 amide bonds. The molecule has 1 aromatic heterocycles. The molecule has 1 heterocycles. The largest absolute Gasteiger partial charge is 0.394 e. The molecule has 7 heteroatoms. The van der Waals surface area contributed by atoms with Crippen LogP contribution in [0.1, 0.15) is 33.4 Å². The molecule has 3 atom stereocenters. The molecule has 0 aliphatic carbocycles. The van der Waals surface area contributed by atoms with E-state index in [0.717, 1.165) is 4.47 Å². The summed E-state index contributed by atoms with van der Waals surface area (Å²) in [5, 5.41) is 9.60. The summed E-state index contributed by atoms with van der Waals surface area (Å²) in [6.45, 7) is 7.26. The Morgan fingerprint density at radius 3 is 2.52 bits per heavy atom. The summed E-state index contributed by atoms with van der Waals surface area (Å²) in [6, 6.07) is 3.64. The van der Waals surface area contributed by atoms with Crippen LogP contribution in [0.4, 0.5) is 0 Å². The molecule has 0 fully saturated rings. The normalized spacial score (nSPS) is 18.0. The van der Waals surface area contributed by atoms with Crippen molar-refractivity contribution in [2.24, 2.45) is 0 Å². The molecule has 0 aliphatic heterocycles. The Morgan fingerprint density at radius 2 is 2.10 bits per heavy atom. The number of aromatic nitrogens is 1. The number of hydrogen-bond acceptors (Lipinski definition) is 4. The third-order valence-corrected chi connectivity index (χ3v) is 5.42. The van der Waals surface area contributed by atoms with Crippen molar-refractivity contribution in [3.8, 4) is 0 Å². The summed E-state index contributed by atoms with van der Waals surface area (Å²) in [6.07, 6.45) is 1.08. The summed E-state index contributed by atoms with van der Waals surface area (Å²) in [7, 11) is 0.179. The van der Waals surface area contributed by atoms with Gasteiger partial charge in [0.1, 0.15) is 6.10 Å². The van der Waals surface area contributed by atoms with Crippen molar-refractivity contribution in [2.75, 3.05) is 13.7 Å². The van der Waals surface area contributed by atoms with Gasteiger partial charge >= 0.3 is 0 Å². The first-order chi connectivity index (χ1) is 9.65. The molecular weight excluding hydrogens is 356 g/mol. The molecule has 5 nitrogen and oxygen atoms in total. The van der Waals surface area contributed by atoms with Crippen LogP contribution in [-0.2, 0) is 21.3 Å². The zero-order valence-electron chi connectivity index (χ0n) is 13.0. The fourth-order valence-electron chi connectivity index (χ4n) is 1.81. The molecule has 21 heavy (non-hydrogen) atoms. The quantitative estimate of drug-likeness (QED) is 0.794. The van der Waals surface area contributed by atoms with Crippen LogP contribution in [0.5, 0.6) is 0 Å². The Balaban J connectivity index is 3.27. The second-order valence-electron chi connectivity index (χ2n) is 5.95. The molecule has 1 unspecified atom stereocenters. The van der Waals surface area contributed by atoms with Crippen molar-refractivity contribution in [1.82, 2.24) is 9.71 Å². The van der Waals surface area contributed by atoms with Gasteiger partial charge in [0.15, 0.2) is 0 Å². The Bertz CT molecular complexity index is 503. The van der Waals surface area contributed by atoms with E-state index in [1.165, 1.54) is 7.11 Å². The lowest BCUT2D eigenvalue weighted by Crippen LogP contribution is -2.55. The first-order valence-corrected chi connectivity index (χ1v) is 8.54. The van der Waals surface area contributed by atoms with Crippen LogP contribution in [0.2, 0.25) is 0 Å². The number of pyridine rings is 1. The van der Waals surface area contributed by atoms with E-state index in [1.54, 1.807) is 6.20 Å². The number of hydrogen-bond donors (Lipinski definition) is 2. The number of ether oxygens (including phenoxy) is 1. The summed E-state index contributed by atoms with van der Waals surface area (Å²) >= 11 is 3.41. The average Bonchev–Trinajstić information content (AvgIpc) is 2.38. The van der Waals surface area contributed by atoms with E-state index in [4.69, 9.17) is 4.74 Å². The molecule has 0 spiro atoms. The third-order valence-electron chi connectivity index (χ3n) is 3.21. The van der Waals surface area contributed by atoms with Gasteiger partial charge in [-0.15, -0.1) is 0 Å². The van der Waals surface area contributed by atoms with Crippen LogP contribution in [0, 0.1) is 0 Å². The van der Waals surface area contributed by atoms with Crippen LogP contribution in [0.15, 0.2) is 22.8 Å². The fraction of sp³-hybridized carbons (Fsp3) is 0.643. The lowest BCUT2D eigenvalue weighted by molar-refractivity contribution is -0.00913. The number of nitrogens with zero attached hydrogens (tertiary/aromatic N) is 1. The van der Waals surface area contributed by atoms with E-state index in [9.17, 15) is 9.32 Å². The van der Waals surface area contributed by atoms with Crippen LogP contribution < -0.4 is 4.72 Å². The molecule has 0 bridgehead atoms. The lowest BCUT2D eigenvalue weighted by Gasteiger charge is -2.37. The minimum atomic E-state index is -1.33. The van der Waals surface area contributed by atoms with Gasteiger partial charge in [0, 0.05) is 17.8 Å². The van der Waals surface area contributed by atoms with Crippen molar-refractivity contribution in [1.29, 1.82) is 0 Å². The number of methoxy groups -OCH3 is 1. The number of rotatable bonds is 6. The number of aliphatic hydroxyl groups is 1. The van der Waals surface area contributed by atoms with Crippen molar-refractivity contribution in [3.63, 3.8) is 0 Å². The van der Waals surface area contributed by atoms with E-state index in [1.807, 2.05) is 39.8 Å². The monoisotopic (exact) mass is 378 g/mol. The van der Waals surface area contributed by atoms with Crippen LogP contribution in [0.25, 0.3) is 0 Å². The number of nitrogens with one attached hydrogen (secondary N) is 1. The van der Waals surface area contributed by atoms with Gasteiger partial charge in [0.05, 0.1) is 33.6 Å². The number of halogens is 1. The zero-order valence-corrected chi connectivity index (χ0v) is 15.4. The average molecular weight is 379 g/mol. The van der Waals surface area contributed by atoms with Crippen LogP contribution in [0.3, 0.4) is 0 Å². The summed E-state index contributed by atoms with van der Waals surface area (Å²) < 4.78 is 21.4. The predicted molar refractivity (Wildman–Crippen MR) is 88.2 cm³/mol. The summed E-state index contributed by atoms with van der Waals surface area (Å²) in [5.41, 5.74) is -0.235. The highest BCUT2D eigenvalue weighted by Crippen LogP contribution is 2.29. The maximum atomic E-state index is 12.5. The minimum Gasteiger partial charge on any atom is -0.394 e. The third kappa shape index (κ3) is 4.56. The first kappa shape index (κ1) is 18.7. The highest BCUT2D eigenvalue weighted by molar-refractivity contribution is 9.10. The van der Waals surface area contributed by atoms with Gasteiger partial charge in [-0.25, -0.2) is 8.93 Å². The molecular formula is C14H23BrN2O3S. The van der Waals surface area contributed by atoms with Gasteiger partial charge in [-0.1, -0.05) is 15.9 Å². The maximum Gasteiger partial charge on any atom is 0.105 e. The maximum absolute atomic E-state index is 12.5. The topological polar surface area (TPSA) is 71.5 Å². The second kappa shape index (κ2) is 7.28. The van der Waals surface area contributed by atoms with Crippen molar-refractivity contribution >= 4 is 26.9 Å². The fourth-order valence-corrected chi connectivity index (χ4v) is 3.07. The molecule has 0 aromatic carbocycles. The molecule has 1 aromatic rings. The molecule has 120 valence electrons. The van der Waals surface area contributed by atoms with E-state index in [-0.39, 0.29) is 6.61 Å². The van der Waals surface area contributed by atoms with Crippen molar-refractivity contribution in [3.05, 3.63) is 28.5 Å². The van der Waals surface area contributed by atoms with Crippen LogP contribution >= 0.6 is 15.9 Å². The van der Waals surface area contributed by atoms with Crippen molar-refractivity contribution in [2.45, 2.75) is 44.1 Å². The predicted octanol–water partition coefficient (Wildman–Crippen LogP) is 2.12. The molecule has 0 radical (unpaired) electrons. The highest BCUT2D eigenvalue weighted by Gasteiger charge is 2.40. The minimum absolute atomic E-state index is 0.213. The SMILES string of the molecule is COC(CO)[C@](C)(N[S@](=O)C(C)(C)C)c1cc(Br)ccn1. The Morgan fingerprint density at radius 1 is 1.48 bits per heavy atom.